The van der Waals surface area contributed by atoms with Gasteiger partial charge in [0.15, 0.2) is 0 Å². The van der Waals surface area contributed by atoms with E-state index in [2.05, 4.69) is 4.90 Å². The van der Waals surface area contributed by atoms with Crippen LogP contribution in [0.3, 0.4) is 0 Å². The molecule has 0 fully saturated rings. The van der Waals surface area contributed by atoms with E-state index in [1.165, 1.54) is 12.1 Å². The SMILES string of the molecule is CN(CC=Cc1ccc(C(F)(F)F)cc1)Cc1cc2ccccc2o1. The van der Waals surface area contributed by atoms with Crippen molar-refractivity contribution in [1.82, 2.24) is 4.90 Å². The van der Waals surface area contributed by atoms with E-state index in [1.807, 2.05) is 49.5 Å². The topological polar surface area (TPSA) is 16.4 Å². The second-order valence-electron chi connectivity index (χ2n) is 5.97. The summed E-state index contributed by atoms with van der Waals surface area (Å²) in [6, 6.07) is 15.0. The first kappa shape index (κ1) is 17.3. The lowest BCUT2D eigenvalue weighted by atomic mass is 10.1. The summed E-state index contributed by atoms with van der Waals surface area (Å²) in [4.78, 5) is 2.07. The molecule has 0 aliphatic carbocycles. The van der Waals surface area contributed by atoms with Gasteiger partial charge in [0.05, 0.1) is 12.1 Å². The van der Waals surface area contributed by atoms with Crippen molar-refractivity contribution in [3.05, 3.63) is 77.6 Å². The normalized spacial score (nSPS) is 12.5. The third-order valence-corrected chi connectivity index (χ3v) is 3.87. The van der Waals surface area contributed by atoms with E-state index < -0.39 is 11.7 Å². The lowest BCUT2D eigenvalue weighted by Crippen LogP contribution is -2.17. The van der Waals surface area contributed by atoms with Crippen LogP contribution in [-0.4, -0.2) is 18.5 Å². The average Bonchev–Trinajstić information content (AvgIpc) is 2.96. The molecule has 5 heteroatoms. The van der Waals surface area contributed by atoms with Gasteiger partial charge in [-0.3, -0.25) is 4.90 Å². The summed E-state index contributed by atoms with van der Waals surface area (Å²) in [5.74, 6) is 0.881. The second-order valence-corrected chi connectivity index (χ2v) is 5.97. The van der Waals surface area contributed by atoms with E-state index in [4.69, 9.17) is 4.42 Å². The predicted molar refractivity (Wildman–Crippen MR) is 93.0 cm³/mol. The highest BCUT2D eigenvalue weighted by molar-refractivity contribution is 5.77. The number of benzene rings is 2. The maximum Gasteiger partial charge on any atom is 0.416 e. The Kier molecular flexibility index (Phi) is 4.95. The van der Waals surface area contributed by atoms with Gasteiger partial charge < -0.3 is 4.42 Å². The molecule has 1 heterocycles. The van der Waals surface area contributed by atoms with Crippen molar-refractivity contribution in [1.29, 1.82) is 0 Å². The molecule has 0 unspecified atom stereocenters. The molecule has 0 saturated carbocycles. The number of hydrogen-bond donors (Lipinski definition) is 0. The number of furan rings is 1. The number of halogens is 3. The Morgan fingerprint density at radius 2 is 1.76 bits per heavy atom. The first-order valence-electron chi connectivity index (χ1n) is 7.91. The van der Waals surface area contributed by atoms with E-state index in [9.17, 15) is 13.2 Å². The quantitative estimate of drug-likeness (QED) is 0.599. The molecule has 0 saturated heterocycles. The van der Waals surface area contributed by atoms with Crippen molar-refractivity contribution in [2.24, 2.45) is 0 Å². The molecular weight excluding hydrogens is 327 g/mol. The highest BCUT2D eigenvalue weighted by atomic mass is 19.4. The first-order valence-corrected chi connectivity index (χ1v) is 7.91. The van der Waals surface area contributed by atoms with E-state index in [1.54, 1.807) is 0 Å². The summed E-state index contributed by atoms with van der Waals surface area (Å²) in [5, 5.41) is 1.08. The van der Waals surface area contributed by atoms with Crippen LogP contribution < -0.4 is 0 Å². The fraction of sp³-hybridized carbons (Fsp3) is 0.200. The molecule has 0 aliphatic rings. The summed E-state index contributed by atoms with van der Waals surface area (Å²) in [6.45, 7) is 1.32. The average molecular weight is 345 g/mol. The minimum Gasteiger partial charge on any atom is -0.460 e. The van der Waals surface area contributed by atoms with E-state index in [0.29, 0.717) is 13.1 Å². The van der Waals surface area contributed by atoms with Gasteiger partial charge in [0, 0.05) is 11.9 Å². The van der Waals surface area contributed by atoms with Crippen LogP contribution in [0.5, 0.6) is 0 Å². The maximum absolute atomic E-state index is 12.5. The number of hydrogen-bond acceptors (Lipinski definition) is 2. The molecule has 0 amide bonds. The predicted octanol–water partition coefficient (Wildman–Crippen LogP) is 5.60. The van der Waals surface area contributed by atoms with Crippen LogP contribution in [0.25, 0.3) is 17.0 Å². The highest BCUT2D eigenvalue weighted by Crippen LogP contribution is 2.29. The van der Waals surface area contributed by atoms with Crippen LogP contribution in [-0.2, 0) is 12.7 Å². The van der Waals surface area contributed by atoms with Crippen LogP contribution in [0.2, 0.25) is 0 Å². The molecule has 130 valence electrons. The van der Waals surface area contributed by atoms with Gasteiger partial charge in [0.25, 0.3) is 0 Å². The zero-order chi connectivity index (χ0) is 17.9. The summed E-state index contributed by atoms with van der Waals surface area (Å²) in [6.07, 6.45) is -0.560. The molecular formula is C20H18F3NO. The maximum atomic E-state index is 12.5. The number of para-hydroxylation sites is 1. The van der Waals surface area contributed by atoms with E-state index in [0.717, 1.165) is 34.4 Å². The lowest BCUT2D eigenvalue weighted by Gasteiger charge is -2.12. The molecule has 3 rings (SSSR count). The summed E-state index contributed by atoms with van der Waals surface area (Å²) < 4.78 is 43.4. The number of nitrogens with zero attached hydrogens (tertiary/aromatic N) is 1. The molecule has 25 heavy (non-hydrogen) atoms. The first-order chi connectivity index (χ1) is 11.9. The van der Waals surface area contributed by atoms with Crippen LogP contribution >= 0.6 is 0 Å². The van der Waals surface area contributed by atoms with Crippen molar-refractivity contribution in [3.8, 4) is 0 Å². The smallest absolute Gasteiger partial charge is 0.416 e. The Labute approximate surface area is 144 Å². The Hall–Kier alpha value is -2.53. The standard InChI is InChI=1S/C20H18F3NO/c1-24(14-18-13-16-6-2-3-7-19(16)25-18)12-4-5-15-8-10-17(11-9-15)20(21,22)23/h2-11,13H,12,14H2,1H3. The number of alkyl halides is 3. The monoisotopic (exact) mass is 345 g/mol. The van der Waals surface area contributed by atoms with E-state index in [-0.39, 0.29) is 0 Å². The van der Waals surface area contributed by atoms with Crippen LogP contribution in [0, 0.1) is 0 Å². The van der Waals surface area contributed by atoms with Crippen LogP contribution in [0.1, 0.15) is 16.9 Å². The van der Waals surface area contributed by atoms with Gasteiger partial charge in [-0.05, 0) is 36.9 Å². The molecule has 1 aromatic heterocycles. The lowest BCUT2D eigenvalue weighted by molar-refractivity contribution is -0.137. The third-order valence-electron chi connectivity index (χ3n) is 3.87. The van der Waals surface area contributed by atoms with Gasteiger partial charge in [0.2, 0.25) is 0 Å². The zero-order valence-corrected chi connectivity index (χ0v) is 13.8. The van der Waals surface area contributed by atoms with Gasteiger partial charge in [0.1, 0.15) is 11.3 Å². The minimum atomic E-state index is -4.30. The fourth-order valence-corrected chi connectivity index (χ4v) is 2.60. The van der Waals surface area contributed by atoms with Crippen molar-refractivity contribution in [2.45, 2.75) is 12.7 Å². The second kappa shape index (κ2) is 7.15. The number of likely N-dealkylation sites (N-methyl/N-ethyl adjacent to an activating group) is 1. The Morgan fingerprint density at radius 3 is 2.44 bits per heavy atom. The molecule has 2 aromatic carbocycles. The third kappa shape index (κ3) is 4.51. The molecule has 0 N–H and O–H groups in total. The largest absolute Gasteiger partial charge is 0.460 e. The van der Waals surface area contributed by atoms with Gasteiger partial charge in [-0.15, -0.1) is 0 Å². The van der Waals surface area contributed by atoms with Crippen LogP contribution in [0.4, 0.5) is 13.2 Å². The van der Waals surface area contributed by atoms with Gasteiger partial charge in [-0.2, -0.15) is 13.2 Å². The van der Waals surface area contributed by atoms with Crippen molar-refractivity contribution >= 4 is 17.0 Å². The molecule has 0 bridgehead atoms. The molecule has 0 spiro atoms. The molecule has 3 aromatic rings. The van der Waals surface area contributed by atoms with Crippen molar-refractivity contribution in [3.63, 3.8) is 0 Å². The summed E-state index contributed by atoms with van der Waals surface area (Å²) >= 11 is 0. The Morgan fingerprint density at radius 1 is 1.04 bits per heavy atom. The summed E-state index contributed by atoms with van der Waals surface area (Å²) in [5.41, 5.74) is 0.975. The fourth-order valence-electron chi connectivity index (χ4n) is 2.60. The zero-order valence-electron chi connectivity index (χ0n) is 13.8. The van der Waals surface area contributed by atoms with Crippen molar-refractivity contribution in [2.75, 3.05) is 13.6 Å². The Balaban J connectivity index is 1.56. The molecule has 0 atom stereocenters. The van der Waals surface area contributed by atoms with Gasteiger partial charge in [-0.25, -0.2) is 0 Å². The van der Waals surface area contributed by atoms with Crippen molar-refractivity contribution < 1.29 is 17.6 Å². The van der Waals surface area contributed by atoms with Crippen LogP contribution in [0.15, 0.2) is 65.1 Å². The molecule has 0 radical (unpaired) electrons. The van der Waals surface area contributed by atoms with Gasteiger partial charge in [-0.1, -0.05) is 42.5 Å². The van der Waals surface area contributed by atoms with Gasteiger partial charge >= 0.3 is 6.18 Å². The minimum absolute atomic E-state index is 0.633. The van der Waals surface area contributed by atoms with E-state index >= 15 is 0 Å². The highest BCUT2D eigenvalue weighted by Gasteiger charge is 2.29. The summed E-state index contributed by atoms with van der Waals surface area (Å²) in [7, 11) is 1.96. The Bertz CT molecular complexity index is 830. The number of fused-ring (bicyclic) bond motifs is 1. The molecule has 2 nitrogen and oxygen atoms in total. The number of rotatable bonds is 5. The molecule has 0 aliphatic heterocycles.